The molecule has 2 atom stereocenters. The van der Waals surface area contributed by atoms with Crippen LogP contribution < -0.4 is 0 Å². The van der Waals surface area contributed by atoms with Crippen LogP contribution >= 0.6 is 0 Å². The number of ether oxygens (including phenoxy) is 1. The van der Waals surface area contributed by atoms with Gasteiger partial charge in [-0.05, 0) is 45.4 Å². The van der Waals surface area contributed by atoms with Gasteiger partial charge in [0.2, 0.25) is 10.0 Å². The van der Waals surface area contributed by atoms with Gasteiger partial charge in [0.15, 0.2) is 0 Å². The van der Waals surface area contributed by atoms with Crippen LogP contribution in [0.4, 0.5) is 0 Å². The Morgan fingerprint density at radius 2 is 1.83 bits per heavy atom. The summed E-state index contributed by atoms with van der Waals surface area (Å²) in [6.45, 7) is 7.54. The molecule has 0 radical (unpaired) electrons. The molecular weight excluding hydrogens is 318 g/mol. The molecule has 0 amide bonds. The Morgan fingerprint density at radius 3 is 2.35 bits per heavy atom. The third kappa shape index (κ3) is 3.27. The Kier molecular flexibility index (Phi) is 4.84. The number of carbonyl (C=O) groups is 1. The van der Waals surface area contributed by atoms with E-state index in [1.807, 2.05) is 13.8 Å². The van der Waals surface area contributed by atoms with Crippen molar-refractivity contribution >= 4 is 16.0 Å². The zero-order valence-electron chi connectivity index (χ0n) is 13.8. The number of aliphatic carboxylic acids is 1. The second kappa shape index (κ2) is 6.22. The molecule has 7 heteroatoms. The summed E-state index contributed by atoms with van der Waals surface area (Å²) in [7, 11) is -3.62. The quantitative estimate of drug-likeness (QED) is 0.903. The number of rotatable bonds is 4. The number of hydrogen-bond acceptors (Lipinski definition) is 4. The summed E-state index contributed by atoms with van der Waals surface area (Å²) in [5.41, 5.74) is -0.504. The first kappa shape index (κ1) is 17.9. The number of hydrogen-bond donors (Lipinski definition) is 1. The minimum Gasteiger partial charge on any atom is -0.481 e. The molecule has 2 rings (SSSR count). The van der Waals surface area contributed by atoms with Crippen LogP contribution in [0.25, 0.3) is 0 Å². The lowest BCUT2D eigenvalue weighted by Gasteiger charge is -2.36. The molecule has 1 aromatic rings. The maximum absolute atomic E-state index is 12.8. The van der Waals surface area contributed by atoms with Gasteiger partial charge in [0.05, 0.1) is 23.0 Å². The maximum Gasteiger partial charge on any atom is 0.313 e. The lowest BCUT2D eigenvalue weighted by Crippen LogP contribution is -2.51. The van der Waals surface area contributed by atoms with Crippen LogP contribution in [0.2, 0.25) is 0 Å². The highest BCUT2D eigenvalue weighted by atomic mass is 32.2. The number of morpholine rings is 1. The van der Waals surface area contributed by atoms with Crippen LogP contribution in [0.3, 0.4) is 0 Å². The van der Waals surface area contributed by atoms with Crippen LogP contribution in [0.5, 0.6) is 0 Å². The molecule has 0 aromatic heterocycles. The van der Waals surface area contributed by atoms with Gasteiger partial charge in [-0.1, -0.05) is 12.1 Å². The third-order valence-electron chi connectivity index (χ3n) is 4.54. The van der Waals surface area contributed by atoms with Gasteiger partial charge < -0.3 is 9.84 Å². The first-order valence-electron chi connectivity index (χ1n) is 7.56. The summed E-state index contributed by atoms with van der Waals surface area (Å²) in [5, 5.41) is 9.25. The summed E-state index contributed by atoms with van der Waals surface area (Å²) in [6.07, 6.45) is -0.163. The van der Waals surface area contributed by atoms with Crippen molar-refractivity contribution in [2.24, 2.45) is 0 Å². The molecule has 1 fully saturated rings. The van der Waals surface area contributed by atoms with Crippen molar-refractivity contribution < 1.29 is 23.1 Å². The lowest BCUT2D eigenvalue weighted by atomic mass is 9.85. The van der Waals surface area contributed by atoms with Crippen molar-refractivity contribution in [1.29, 1.82) is 0 Å². The molecule has 1 heterocycles. The average Bonchev–Trinajstić information content (AvgIpc) is 2.49. The minimum atomic E-state index is -3.62. The number of nitrogens with zero attached hydrogens (tertiary/aromatic N) is 1. The third-order valence-corrected chi connectivity index (χ3v) is 6.54. The van der Waals surface area contributed by atoms with E-state index < -0.39 is 21.4 Å². The SMILES string of the molecule is CC1OCCN(S(=O)(=O)c2ccc(C(C)(C)C(=O)O)cc2)C1C. The van der Waals surface area contributed by atoms with E-state index >= 15 is 0 Å². The Bertz CT molecular complexity index is 681. The fourth-order valence-electron chi connectivity index (χ4n) is 2.55. The van der Waals surface area contributed by atoms with Gasteiger partial charge in [-0.25, -0.2) is 8.42 Å². The van der Waals surface area contributed by atoms with E-state index in [9.17, 15) is 18.3 Å². The van der Waals surface area contributed by atoms with Gasteiger partial charge >= 0.3 is 5.97 Å². The van der Waals surface area contributed by atoms with Gasteiger partial charge in [0.1, 0.15) is 0 Å². The summed E-state index contributed by atoms with van der Waals surface area (Å²) in [4.78, 5) is 11.5. The van der Waals surface area contributed by atoms with Crippen molar-refractivity contribution in [3.63, 3.8) is 0 Å². The molecule has 0 saturated carbocycles. The van der Waals surface area contributed by atoms with Crippen LogP contribution in [0, 0.1) is 0 Å². The average molecular weight is 341 g/mol. The van der Waals surface area contributed by atoms with E-state index in [0.29, 0.717) is 18.7 Å². The monoisotopic (exact) mass is 341 g/mol. The molecule has 2 unspecified atom stereocenters. The largest absolute Gasteiger partial charge is 0.481 e. The molecule has 1 aliphatic rings. The molecule has 1 N–H and O–H groups in total. The van der Waals surface area contributed by atoms with Gasteiger partial charge in [-0.3, -0.25) is 4.79 Å². The van der Waals surface area contributed by atoms with Crippen molar-refractivity contribution in [1.82, 2.24) is 4.31 Å². The summed E-state index contributed by atoms with van der Waals surface area (Å²) in [5.74, 6) is -0.955. The normalized spacial score (nSPS) is 23.7. The molecule has 0 spiro atoms. The standard InChI is InChI=1S/C16H23NO5S/c1-11-12(2)22-10-9-17(11)23(20,21)14-7-5-13(6-8-14)16(3,4)15(18)19/h5-8,11-12H,9-10H2,1-4H3,(H,18,19). The Labute approximate surface area is 137 Å². The maximum atomic E-state index is 12.8. The fourth-order valence-corrected chi connectivity index (χ4v) is 4.22. The van der Waals surface area contributed by atoms with E-state index in [1.54, 1.807) is 26.0 Å². The summed E-state index contributed by atoms with van der Waals surface area (Å²) in [6, 6.07) is 5.83. The van der Waals surface area contributed by atoms with Crippen molar-refractivity contribution in [2.45, 2.75) is 50.2 Å². The van der Waals surface area contributed by atoms with Crippen molar-refractivity contribution in [2.75, 3.05) is 13.2 Å². The predicted octanol–water partition coefficient (Wildman–Crippen LogP) is 1.85. The van der Waals surface area contributed by atoms with Crippen LogP contribution in [0.15, 0.2) is 29.2 Å². The van der Waals surface area contributed by atoms with E-state index in [4.69, 9.17) is 4.74 Å². The Hall–Kier alpha value is -1.44. The fraction of sp³-hybridized carbons (Fsp3) is 0.562. The Morgan fingerprint density at radius 1 is 1.26 bits per heavy atom. The number of sulfonamides is 1. The molecule has 1 aromatic carbocycles. The Balaban J connectivity index is 2.33. The highest BCUT2D eigenvalue weighted by Crippen LogP contribution is 2.27. The molecule has 0 bridgehead atoms. The van der Waals surface area contributed by atoms with Gasteiger partial charge in [-0.2, -0.15) is 4.31 Å². The molecule has 23 heavy (non-hydrogen) atoms. The molecule has 128 valence electrons. The van der Waals surface area contributed by atoms with E-state index in [2.05, 4.69) is 0 Å². The van der Waals surface area contributed by atoms with Crippen molar-refractivity contribution in [3.05, 3.63) is 29.8 Å². The van der Waals surface area contributed by atoms with E-state index in [0.717, 1.165) is 0 Å². The smallest absolute Gasteiger partial charge is 0.313 e. The first-order valence-corrected chi connectivity index (χ1v) is 9.00. The number of carboxylic acid groups (broad SMARTS) is 1. The first-order chi connectivity index (χ1) is 10.6. The topological polar surface area (TPSA) is 83.9 Å². The zero-order chi connectivity index (χ0) is 17.4. The highest BCUT2D eigenvalue weighted by Gasteiger charge is 2.36. The number of benzene rings is 1. The van der Waals surface area contributed by atoms with Crippen LogP contribution in [-0.2, 0) is 25.0 Å². The van der Waals surface area contributed by atoms with Crippen molar-refractivity contribution in [3.8, 4) is 0 Å². The van der Waals surface area contributed by atoms with E-state index in [1.165, 1.54) is 16.4 Å². The molecule has 1 aliphatic heterocycles. The summed E-state index contributed by atoms with van der Waals surface area (Å²) >= 11 is 0. The molecule has 0 aliphatic carbocycles. The minimum absolute atomic E-state index is 0.163. The van der Waals surface area contributed by atoms with E-state index in [-0.39, 0.29) is 17.0 Å². The highest BCUT2D eigenvalue weighted by molar-refractivity contribution is 7.89. The predicted molar refractivity (Wildman–Crippen MR) is 85.9 cm³/mol. The molecular formula is C16H23NO5S. The molecule has 6 nitrogen and oxygen atoms in total. The lowest BCUT2D eigenvalue weighted by molar-refractivity contribution is -0.142. The second-order valence-electron chi connectivity index (χ2n) is 6.39. The van der Waals surface area contributed by atoms with Crippen LogP contribution in [0.1, 0.15) is 33.3 Å². The second-order valence-corrected chi connectivity index (χ2v) is 8.28. The zero-order valence-corrected chi connectivity index (χ0v) is 14.6. The van der Waals surface area contributed by atoms with Gasteiger partial charge in [0.25, 0.3) is 0 Å². The summed E-state index contributed by atoms with van der Waals surface area (Å²) < 4.78 is 32.5. The van der Waals surface area contributed by atoms with Crippen LogP contribution in [-0.4, -0.2) is 49.1 Å². The van der Waals surface area contributed by atoms with Gasteiger partial charge in [0, 0.05) is 12.6 Å². The number of carboxylic acids is 1. The molecule has 1 saturated heterocycles. The van der Waals surface area contributed by atoms with Gasteiger partial charge in [-0.15, -0.1) is 0 Å².